The lowest BCUT2D eigenvalue weighted by Crippen LogP contribution is -2.52. The minimum absolute atomic E-state index is 0.0199. The summed E-state index contributed by atoms with van der Waals surface area (Å²) >= 11 is 7.35. The molecular weight excluding hydrogens is 502 g/mol. The summed E-state index contributed by atoms with van der Waals surface area (Å²) in [7, 11) is 0. The van der Waals surface area contributed by atoms with E-state index in [1.807, 2.05) is 44.2 Å². The molecule has 0 aliphatic heterocycles. The molecule has 0 saturated heterocycles. The molecule has 8 heteroatoms. The second kappa shape index (κ2) is 13.4. The number of carbonyl (C=O) groups excluding carboxylic acids is 2. The minimum atomic E-state index is -0.787. The molecule has 2 amide bonds. The lowest BCUT2D eigenvalue weighted by molar-refractivity contribution is -0.139. The molecule has 0 aromatic heterocycles. The van der Waals surface area contributed by atoms with E-state index in [0.717, 1.165) is 5.56 Å². The van der Waals surface area contributed by atoms with Gasteiger partial charge in [0.1, 0.15) is 17.7 Å². The molecule has 1 N–H and O–H groups in total. The summed E-state index contributed by atoms with van der Waals surface area (Å²) in [6.45, 7) is 3.85. The Morgan fingerprint density at radius 1 is 0.944 bits per heavy atom. The first-order chi connectivity index (χ1) is 17.2. The summed E-state index contributed by atoms with van der Waals surface area (Å²) < 4.78 is 27.7. The van der Waals surface area contributed by atoms with Crippen molar-refractivity contribution in [1.82, 2.24) is 10.2 Å². The number of rotatable bonds is 11. The van der Waals surface area contributed by atoms with Gasteiger partial charge in [0.25, 0.3) is 0 Å². The van der Waals surface area contributed by atoms with Crippen molar-refractivity contribution in [2.75, 3.05) is 5.75 Å². The van der Waals surface area contributed by atoms with E-state index < -0.39 is 11.9 Å². The SMILES string of the molecule is CC(C)NC(=O)[C@@H](Cc1ccccc1)N(Cc1ccc(F)cc1)C(=O)CSCc1c(F)cccc1Cl. The van der Waals surface area contributed by atoms with Crippen LogP contribution in [0.4, 0.5) is 8.78 Å². The number of amides is 2. The van der Waals surface area contributed by atoms with E-state index >= 15 is 0 Å². The van der Waals surface area contributed by atoms with E-state index in [-0.39, 0.29) is 41.7 Å². The van der Waals surface area contributed by atoms with Gasteiger partial charge in [0.2, 0.25) is 11.8 Å². The summed E-state index contributed by atoms with van der Waals surface area (Å²) in [6.07, 6.45) is 0.316. The van der Waals surface area contributed by atoms with Gasteiger partial charge in [-0.05, 0) is 49.2 Å². The molecule has 0 radical (unpaired) electrons. The summed E-state index contributed by atoms with van der Waals surface area (Å²) in [5.74, 6) is -1.13. The Hall–Kier alpha value is -2.90. The van der Waals surface area contributed by atoms with Crippen LogP contribution in [-0.4, -0.2) is 34.6 Å². The molecule has 0 spiro atoms. The standard InChI is InChI=1S/C28H29ClF2N2O2S/c1-19(2)32-28(35)26(15-20-7-4-3-5-8-20)33(16-21-11-13-22(30)14-12-21)27(34)18-36-17-23-24(29)9-6-10-25(23)31/h3-14,19,26H,15-18H2,1-2H3,(H,32,35)/t26-/m1/s1. The molecule has 0 saturated carbocycles. The van der Waals surface area contributed by atoms with Gasteiger partial charge in [-0.25, -0.2) is 8.78 Å². The summed E-state index contributed by atoms with van der Waals surface area (Å²) in [6, 6.07) is 18.9. The van der Waals surface area contributed by atoms with Gasteiger partial charge >= 0.3 is 0 Å². The second-order valence-electron chi connectivity index (χ2n) is 8.71. The highest BCUT2D eigenvalue weighted by molar-refractivity contribution is 7.99. The number of thioether (sulfide) groups is 1. The Kier molecular flexibility index (Phi) is 10.3. The van der Waals surface area contributed by atoms with Crippen molar-refractivity contribution < 1.29 is 18.4 Å². The average Bonchev–Trinajstić information content (AvgIpc) is 2.84. The molecule has 0 bridgehead atoms. The lowest BCUT2D eigenvalue weighted by Gasteiger charge is -2.32. The highest BCUT2D eigenvalue weighted by Crippen LogP contribution is 2.25. The van der Waals surface area contributed by atoms with Crippen LogP contribution in [0.25, 0.3) is 0 Å². The van der Waals surface area contributed by atoms with Crippen molar-refractivity contribution >= 4 is 35.2 Å². The highest BCUT2D eigenvalue weighted by atomic mass is 35.5. The smallest absolute Gasteiger partial charge is 0.243 e. The fraction of sp³-hybridized carbons (Fsp3) is 0.286. The number of nitrogens with one attached hydrogen (secondary N) is 1. The van der Waals surface area contributed by atoms with E-state index in [1.54, 1.807) is 18.2 Å². The van der Waals surface area contributed by atoms with Gasteiger partial charge in [-0.1, -0.05) is 60.1 Å². The largest absolute Gasteiger partial charge is 0.352 e. The van der Waals surface area contributed by atoms with Gasteiger partial charge in [-0.15, -0.1) is 11.8 Å². The molecule has 3 rings (SSSR count). The van der Waals surface area contributed by atoms with Gasteiger partial charge in [-0.3, -0.25) is 9.59 Å². The maximum absolute atomic E-state index is 14.2. The van der Waals surface area contributed by atoms with Crippen LogP contribution < -0.4 is 5.32 Å². The molecule has 4 nitrogen and oxygen atoms in total. The fourth-order valence-electron chi connectivity index (χ4n) is 3.71. The third-order valence-electron chi connectivity index (χ3n) is 5.50. The van der Waals surface area contributed by atoms with Gasteiger partial charge < -0.3 is 10.2 Å². The van der Waals surface area contributed by atoms with Crippen LogP contribution >= 0.6 is 23.4 Å². The molecular formula is C28H29ClF2N2O2S. The van der Waals surface area contributed by atoms with E-state index in [9.17, 15) is 18.4 Å². The Morgan fingerprint density at radius 3 is 2.28 bits per heavy atom. The van der Waals surface area contributed by atoms with E-state index in [1.165, 1.54) is 40.9 Å². The van der Waals surface area contributed by atoms with Crippen LogP contribution in [0.5, 0.6) is 0 Å². The van der Waals surface area contributed by atoms with Gasteiger partial charge in [0, 0.05) is 35.3 Å². The van der Waals surface area contributed by atoms with E-state index in [2.05, 4.69) is 5.32 Å². The van der Waals surface area contributed by atoms with Crippen LogP contribution in [0.2, 0.25) is 5.02 Å². The van der Waals surface area contributed by atoms with E-state index in [4.69, 9.17) is 11.6 Å². The first-order valence-corrected chi connectivity index (χ1v) is 13.2. The molecule has 0 fully saturated rings. The monoisotopic (exact) mass is 530 g/mol. The molecule has 0 aliphatic carbocycles. The number of carbonyl (C=O) groups is 2. The quantitative estimate of drug-likeness (QED) is 0.330. The Morgan fingerprint density at radius 2 is 1.64 bits per heavy atom. The van der Waals surface area contributed by atoms with E-state index in [0.29, 0.717) is 22.6 Å². The van der Waals surface area contributed by atoms with Crippen molar-refractivity contribution in [3.63, 3.8) is 0 Å². The number of benzene rings is 3. The summed E-state index contributed by atoms with van der Waals surface area (Å²) in [5.41, 5.74) is 1.94. The number of hydrogen-bond donors (Lipinski definition) is 1. The molecule has 3 aromatic carbocycles. The minimum Gasteiger partial charge on any atom is -0.352 e. The fourth-order valence-corrected chi connectivity index (χ4v) is 4.96. The summed E-state index contributed by atoms with van der Waals surface area (Å²) in [4.78, 5) is 28.3. The maximum Gasteiger partial charge on any atom is 0.243 e. The zero-order chi connectivity index (χ0) is 26.1. The average molecular weight is 531 g/mol. The van der Waals surface area contributed by atoms with Gasteiger partial charge in [-0.2, -0.15) is 0 Å². The van der Waals surface area contributed by atoms with Crippen LogP contribution in [0.3, 0.4) is 0 Å². The number of hydrogen-bond acceptors (Lipinski definition) is 3. The Balaban J connectivity index is 1.86. The summed E-state index contributed by atoms with van der Waals surface area (Å²) in [5, 5.41) is 3.23. The lowest BCUT2D eigenvalue weighted by atomic mass is 10.0. The van der Waals surface area contributed by atoms with Crippen LogP contribution in [0.1, 0.15) is 30.5 Å². The molecule has 36 heavy (non-hydrogen) atoms. The highest BCUT2D eigenvalue weighted by Gasteiger charge is 2.30. The Labute approximate surface area is 220 Å². The zero-order valence-corrected chi connectivity index (χ0v) is 21.8. The van der Waals surface area contributed by atoms with Crippen LogP contribution in [-0.2, 0) is 28.3 Å². The first kappa shape index (κ1) is 27.7. The van der Waals surface area contributed by atoms with Gasteiger partial charge in [0.15, 0.2) is 0 Å². The van der Waals surface area contributed by atoms with Crippen molar-refractivity contribution in [2.45, 2.75) is 44.6 Å². The molecule has 190 valence electrons. The normalized spacial score (nSPS) is 11.8. The van der Waals surface area contributed by atoms with Crippen LogP contribution in [0, 0.1) is 11.6 Å². The van der Waals surface area contributed by atoms with Crippen molar-refractivity contribution in [2.24, 2.45) is 0 Å². The maximum atomic E-state index is 14.2. The van der Waals surface area contributed by atoms with Crippen LogP contribution in [0.15, 0.2) is 72.8 Å². The molecule has 0 heterocycles. The first-order valence-electron chi connectivity index (χ1n) is 11.6. The third-order valence-corrected chi connectivity index (χ3v) is 6.80. The predicted octanol–water partition coefficient (Wildman–Crippen LogP) is 6.02. The second-order valence-corrected chi connectivity index (χ2v) is 10.1. The molecule has 0 aliphatic rings. The number of nitrogens with zero attached hydrogens (tertiary/aromatic N) is 1. The molecule has 3 aromatic rings. The molecule has 0 unspecified atom stereocenters. The van der Waals surface area contributed by atoms with Crippen molar-refractivity contribution in [3.8, 4) is 0 Å². The number of halogens is 3. The third kappa shape index (κ3) is 8.07. The Bertz CT molecular complexity index is 1140. The zero-order valence-electron chi connectivity index (χ0n) is 20.2. The molecule has 1 atom stereocenters. The predicted molar refractivity (Wildman–Crippen MR) is 142 cm³/mol. The van der Waals surface area contributed by atoms with Crippen molar-refractivity contribution in [1.29, 1.82) is 0 Å². The van der Waals surface area contributed by atoms with Gasteiger partial charge in [0.05, 0.1) is 5.75 Å². The topological polar surface area (TPSA) is 49.4 Å². The van der Waals surface area contributed by atoms with Crippen molar-refractivity contribution in [3.05, 3.63) is 106 Å².